The molecular weight excluding hydrogens is 260 g/mol. The molecule has 0 bridgehead atoms. The summed E-state index contributed by atoms with van der Waals surface area (Å²) in [4.78, 5) is 17.1. The first kappa shape index (κ1) is 16.2. The summed E-state index contributed by atoms with van der Waals surface area (Å²) in [5, 5.41) is 0. The first-order valence-electron chi connectivity index (χ1n) is 8.09. The van der Waals surface area contributed by atoms with E-state index in [1.807, 2.05) is 31.2 Å². The number of hydrogen-bond donors (Lipinski definition) is 0. The monoisotopic (exact) mass is 288 g/mol. The standard InChI is InChI=1S/C18H28N2O/c1-15(2)14-20-12-10-19(11-13-20)9-8-18(21)17-6-4-16(3)5-7-17/h4-7,15H,8-14H2,1-3H3. The van der Waals surface area contributed by atoms with E-state index in [0.717, 1.165) is 44.2 Å². The number of Topliss-reactive ketones (excluding diaryl/α,β-unsaturated/α-hetero) is 1. The largest absolute Gasteiger partial charge is 0.301 e. The molecule has 0 unspecified atom stereocenters. The van der Waals surface area contributed by atoms with E-state index in [-0.39, 0.29) is 5.78 Å². The van der Waals surface area contributed by atoms with Crippen LogP contribution in [0.3, 0.4) is 0 Å². The second-order valence-electron chi connectivity index (χ2n) is 6.58. The van der Waals surface area contributed by atoms with E-state index in [1.54, 1.807) is 0 Å². The van der Waals surface area contributed by atoms with Crippen molar-refractivity contribution >= 4 is 5.78 Å². The van der Waals surface area contributed by atoms with Crippen molar-refractivity contribution < 1.29 is 4.79 Å². The van der Waals surface area contributed by atoms with Crippen LogP contribution in [0.1, 0.15) is 36.2 Å². The molecule has 0 amide bonds. The van der Waals surface area contributed by atoms with E-state index in [4.69, 9.17) is 0 Å². The lowest BCUT2D eigenvalue weighted by atomic mass is 10.1. The van der Waals surface area contributed by atoms with Crippen LogP contribution in [0, 0.1) is 12.8 Å². The highest BCUT2D eigenvalue weighted by atomic mass is 16.1. The number of hydrogen-bond acceptors (Lipinski definition) is 3. The van der Waals surface area contributed by atoms with Crippen LogP contribution in [0.15, 0.2) is 24.3 Å². The van der Waals surface area contributed by atoms with Gasteiger partial charge in [-0.3, -0.25) is 4.79 Å². The molecule has 1 aromatic carbocycles. The molecule has 0 radical (unpaired) electrons. The van der Waals surface area contributed by atoms with Gasteiger partial charge < -0.3 is 9.80 Å². The molecule has 1 heterocycles. The topological polar surface area (TPSA) is 23.6 Å². The lowest BCUT2D eigenvalue weighted by Crippen LogP contribution is -2.47. The van der Waals surface area contributed by atoms with Crippen molar-refractivity contribution in [2.24, 2.45) is 5.92 Å². The summed E-state index contributed by atoms with van der Waals surface area (Å²) in [6, 6.07) is 7.91. The molecule has 1 aromatic rings. The van der Waals surface area contributed by atoms with E-state index >= 15 is 0 Å². The second kappa shape index (κ2) is 7.71. The van der Waals surface area contributed by atoms with E-state index in [2.05, 4.69) is 23.6 Å². The molecule has 21 heavy (non-hydrogen) atoms. The maximum Gasteiger partial charge on any atom is 0.164 e. The molecule has 0 N–H and O–H groups in total. The maximum absolute atomic E-state index is 12.2. The van der Waals surface area contributed by atoms with Crippen LogP contribution in [-0.2, 0) is 0 Å². The number of ketones is 1. The lowest BCUT2D eigenvalue weighted by Gasteiger charge is -2.35. The molecule has 0 aromatic heterocycles. The van der Waals surface area contributed by atoms with Crippen molar-refractivity contribution in [3.63, 3.8) is 0 Å². The number of piperazine rings is 1. The van der Waals surface area contributed by atoms with Gasteiger partial charge in [0.05, 0.1) is 0 Å². The maximum atomic E-state index is 12.2. The SMILES string of the molecule is Cc1ccc(C(=O)CCN2CCN(CC(C)C)CC2)cc1. The summed E-state index contributed by atoms with van der Waals surface area (Å²) < 4.78 is 0. The summed E-state index contributed by atoms with van der Waals surface area (Å²) >= 11 is 0. The fraction of sp³-hybridized carbons (Fsp3) is 0.611. The van der Waals surface area contributed by atoms with Crippen molar-refractivity contribution in [3.05, 3.63) is 35.4 Å². The summed E-state index contributed by atoms with van der Waals surface area (Å²) in [5.74, 6) is 0.999. The van der Waals surface area contributed by atoms with Gasteiger partial charge >= 0.3 is 0 Å². The minimum Gasteiger partial charge on any atom is -0.301 e. The zero-order valence-corrected chi connectivity index (χ0v) is 13.6. The van der Waals surface area contributed by atoms with E-state index < -0.39 is 0 Å². The third-order valence-corrected chi connectivity index (χ3v) is 4.12. The molecule has 0 atom stereocenters. The van der Waals surface area contributed by atoms with Gasteiger partial charge in [-0.1, -0.05) is 43.7 Å². The van der Waals surface area contributed by atoms with E-state index in [1.165, 1.54) is 12.1 Å². The normalized spacial score (nSPS) is 17.3. The van der Waals surface area contributed by atoms with Gasteiger partial charge in [0.1, 0.15) is 0 Å². The Kier molecular flexibility index (Phi) is 5.95. The van der Waals surface area contributed by atoms with Gasteiger partial charge in [-0.05, 0) is 12.8 Å². The highest BCUT2D eigenvalue weighted by Crippen LogP contribution is 2.09. The molecule has 116 valence electrons. The molecule has 1 aliphatic rings. The smallest absolute Gasteiger partial charge is 0.164 e. The number of aryl methyl sites for hydroxylation is 1. The molecule has 0 spiro atoms. The van der Waals surface area contributed by atoms with Crippen molar-refractivity contribution in [3.8, 4) is 0 Å². The first-order valence-corrected chi connectivity index (χ1v) is 8.09. The average molecular weight is 288 g/mol. The van der Waals surface area contributed by atoms with Crippen LogP contribution in [0.5, 0.6) is 0 Å². The molecule has 3 nitrogen and oxygen atoms in total. The lowest BCUT2D eigenvalue weighted by molar-refractivity contribution is 0.0918. The summed E-state index contributed by atoms with van der Waals surface area (Å²) in [6.07, 6.45) is 0.632. The van der Waals surface area contributed by atoms with Gasteiger partial charge in [0.2, 0.25) is 0 Å². The first-order chi connectivity index (χ1) is 10.0. The van der Waals surface area contributed by atoms with E-state index in [9.17, 15) is 4.79 Å². The van der Waals surface area contributed by atoms with Crippen LogP contribution in [0.2, 0.25) is 0 Å². The molecule has 1 saturated heterocycles. The van der Waals surface area contributed by atoms with E-state index in [0.29, 0.717) is 6.42 Å². The Balaban J connectivity index is 1.72. The number of benzene rings is 1. The molecule has 1 aliphatic heterocycles. The Morgan fingerprint density at radius 2 is 1.62 bits per heavy atom. The fourth-order valence-electron chi connectivity index (χ4n) is 2.86. The Labute approximate surface area is 128 Å². The number of carbonyl (C=O) groups excluding carboxylic acids is 1. The molecular formula is C18H28N2O. The van der Waals surface area contributed by atoms with Crippen LogP contribution in [-0.4, -0.2) is 54.9 Å². The Bertz CT molecular complexity index is 445. The fourth-order valence-corrected chi connectivity index (χ4v) is 2.86. The Morgan fingerprint density at radius 1 is 1.05 bits per heavy atom. The van der Waals surface area contributed by atoms with Crippen molar-refractivity contribution in [2.45, 2.75) is 27.2 Å². The minimum atomic E-state index is 0.264. The van der Waals surface area contributed by atoms with Crippen molar-refractivity contribution in [1.82, 2.24) is 9.80 Å². The molecule has 1 fully saturated rings. The molecule has 2 rings (SSSR count). The van der Waals surface area contributed by atoms with Crippen LogP contribution in [0.25, 0.3) is 0 Å². The van der Waals surface area contributed by atoms with Gasteiger partial charge in [-0.2, -0.15) is 0 Å². The average Bonchev–Trinajstić information content (AvgIpc) is 2.46. The predicted molar refractivity (Wildman–Crippen MR) is 87.8 cm³/mol. The highest BCUT2D eigenvalue weighted by Gasteiger charge is 2.18. The van der Waals surface area contributed by atoms with Gasteiger partial charge in [0.15, 0.2) is 5.78 Å². The molecule has 3 heteroatoms. The summed E-state index contributed by atoms with van der Waals surface area (Å²) in [6.45, 7) is 13.1. The zero-order chi connectivity index (χ0) is 15.2. The Morgan fingerprint density at radius 3 is 2.19 bits per heavy atom. The summed E-state index contributed by atoms with van der Waals surface area (Å²) in [7, 11) is 0. The third kappa shape index (κ3) is 5.25. The van der Waals surface area contributed by atoms with Gasteiger partial charge in [0, 0.05) is 51.3 Å². The van der Waals surface area contributed by atoms with Gasteiger partial charge in [-0.25, -0.2) is 0 Å². The van der Waals surface area contributed by atoms with Crippen LogP contribution in [0.4, 0.5) is 0 Å². The second-order valence-corrected chi connectivity index (χ2v) is 6.58. The van der Waals surface area contributed by atoms with Crippen molar-refractivity contribution in [1.29, 1.82) is 0 Å². The number of rotatable bonds is 6. The highest BCUT2D eigenvalue weighted by molar-refractivity contribution is 5.96. The van der Waals surface area contributed by atoms with Crippen molar-refractivity contribution in [2.75, 3.05) is 39.3 Å². The molecule has 0 aliphatic carbocycles. The molecule has 0 saturated carbocycles. The third-order valence-electron chi connectivity index (χ3n) is 4.12. The Hall–Kier alpha value is -1.19. The quantitative estimate of drug-likeness (QED) is 0.752. The van der Waals surface area contributed by atoms with Crippen LogP contribution < -0.4 is 0 Å². The predicted octanol–water partition coefficient (Wildman–Crippen LogP) is 2.84. The van der Waals surface area contributed by atoms with Gasteiger partial charge in [0.25, 0.3) is 0 Å². The summed E-state index contributed by atoms with van der Waals surface area (Å²) in [5.41, 5.74) is 2.05. The van der Waals surface area contributed by atoms with Gasteiger partial charge in [-0.15, -0.1) is 0 Å². The van der Waals surface area contributed by atoms with Crippen LogP contribution >= 0.6 is 0 Å². The number of carbonyl (C=O) groups is 1. The minimum absolute atomic E-state index is 0.264. The number of nitrogens with zero attached hydrogens (tertiary/aromatic N) is 2. The zero-order valence-electron chi connectivity index (χ0n) is 13.6.